The first kappa shape index (κ1) is 18.2. The summed E-state index contributed by atoms with van der Waals surface area (Å²) in [4.78, 5) is 0. The first-order valence-corrected chi connectivity index (χ1v) is 9.82. The highest BCUT2D eigenvalue weighted by Crippen LogP contribution is 2.39. The van der Waals surface area contributed by atoms with Crippen LogP contribution in [-0.2, 0) is 17.9 Å². The van der Waals surface area contributed by atoms with Gasteiger partial charge in [0.15, 0.2) is 6.20 Å². The van der Waals surface area contributed by atoms with Crippen molar-refractivity contribution in [1.29, 1.82) is 0 Å². The summed E-state index contributed by atoms with van der Waals surface area (Å²) >= 11 is 0. The lowest BCUT2D eigenvalue weighted by molar-refractivity contribution is -0.661. The normalized spacial score (nSPS) is 17.5. The van der Waals surface area contributed by atoms with Crippen LogP contribution in [-0.4, -0.2) is 0 Å². The lowest BCUT2D eigenvalue weighted by Gasteiger charge is -2.33. The second-order valence-electron chi connectivity index (χ2n) is 9.31. The average Bonchev–Trinajstić information content (AvgIpc) is 2.55. The van der Waals surface area contributed by atoms with E-state index < -0.39 is 0 Å². The van der Waals surface area contributed by atoms with E-state index in [9.17, 15) is 0 Å². The maximum atomic E-state index is 2.45. The Morgan fingerprint density at radius 1 is 0.960 bits per heavy atom. The lowest BCUT2D eigenvalue weighted by Crippen LogP contribution is -2.35. The van der Waals surface area contributed by atoms with Gasteiger partial charge in [0.2, 0.25) is 5.69 Å². The molecule has 1 aliphatic rings. The van der Waals surface area contributed by atoms with E-state index in [1.54, 1.807) is 0 Å². The van der Waals surface area contributed by atoms with Gasteiger partial charge in [0.25, 0.3) is 0 Å². The van der Waals surface area contributed by atoms with E-state index in [-0.39, 0.29) is 5.41 Å². The zero-order valence-corrected chi connectivity index (χ0v) is 16.9. The predicted octanol–water partition coefficient (Wildman–Crippen LogP) is 6.01. The van der Waals surface area contributed by atoms with Crippen LogP contribution in [0.25, 0.3) is 11.3 Å². The monoisotopic (exact) mass is 336 g/mol. The molecule has 0 radical (unpaired) electrons. The van der Waals surface area contributed by atoms with Crippen LogP contribution in [0, 0.1) is 6.92 Å². The van der Waals surface area contributed by atoms with Gasteiger partial charge in [-0.2, -0.15) is 0 Å². The van der Waals surface area contributed by atoms with Gasteiger partial charge in [0.1, 0.15) is 7.05 Å². The molecular formula is C24H34N+. The molecule has 2 aromatic rings. The first-order chi connectivity index (χ1) is 11.7. The number of hydrogen-bond donors (Lipinski definition) is 0. The molecule has 25 heavy (non-hydrogen) atoms. The Kier molecular flexibility index (Phi) is 4.79. The molecule has 0 N–H and O–H groups in total. The zero-order chi connectivity index (χ0) is 18.2. The van der Waals surface area contributed by atoms with Gasteiger partial charge in [-0.25, -0.2) is 4.57 Å². The fourth-order valence-electron chi connectivity index (χ4n) is 4.28. The minimum Gasteiger partial charge on any atom is -0.201 e. The average molecular weight is 337 g/mol. The third-order valence-electron chi connectivity index (χ3n) is 6.16. The largest absolute Gasteiger partial charge is 0.212 e. The molecule has 3 rings (SSSR count). The zero-order valence-electron chi connectivity index (χ0n) is 16.9. The molecule has 1 aromatic heterocycles. The molecule has 134 valence electrons. The molecule has 1 heterocycles. The van der Waals surface area contributed by atoms with Crippen molar-refractivity contribution in [2.45, 2.75) is 77.6 Å². The van der Waals surface area contributed by atoms with E-state index in [1.807, 2.05) is 0 Å². The van der Waals surface area contributed by atoms with Crippen LogP contribution in [0.5, 0.6) is 0 Å². The molecule has 1 heteroatoms. The number of aromatic nitrogens is 1. The van der Waals surface area contributed by atoms with E-state index >= 15 is 0 Å². The van der Waals surface area contributed by atoms with Gasteiger partial charge in [-0.15, -0.1) is 0 Å². The highest BCUT2D eigenvalue weighted by Gasteiger charge is 2.31. The molecule has 1 saturated carbocycles. The van der Waals surface area contributed by atoms with E-state index in [2.05, 4.69) is 82.8 Å². The van der Waals surface area contributed by atoms with Crippen molar-refractivity contribution < 1.29 is 4.57 Å². The van der Waals surface area contributed by atoms with Gasteiger partial charge in [0.05, 0.1) is 0 Å². The van der Waals surface area contributed by atoms with Gasteiger partial charge in [0, 0.05) is 17.2 Å². The lowest BCUT2D eigenvalue weighted by atomic mass is 9.71. The number of hydrogen-bond acceptors (Lipinski definition) is 0. The van der Waals surface area contributed by atoms with E-state index in [0.29, 0.717) is 5.41 Å². The van der Waals surface area contributed by atoms with Crippen LogP contribution in [0.3, 0.4) is 0 Å². The molecule has 0 amide bonds. The predicted molar refractivity (Wildman–Crippen MR) is 107 cm³/mol. The highest BCUT2D eigenvalue weighted by molar-refractivity contribution is 5.62. The number of pyridine rings is 1. The van der Waals surface area contributed by atoms with Gasteiger partial charge in [-0.05, 0) is 53.9 Å². The number of rotatable bonds is 2. The molecule has 0 atom stereocenters. The summed E-state index contributed by atoms with van der Waals surface area (Å²) in [7, 11) is 2.20. The second-order valence-corrected chi connectivity index (χ2v) is 9.31. The highest BCUT2D eigenvalue weighted by atomic mass is 14.9. The molecule has 1 aromatic carbocycles. The minimum atomic E-state index is 0.199. The Morgan fingerprint density at radius 2 is 1.64 bits per heavy atom. The van der Waals surface area contributed by atoms with E-state index in [4.69, 9.17) is 0 Å². The Hall–Kier alpha value is -1.63. The van der Waals surface area contributed by atoms with Crippen LogP contribution in [0.4, 0.5) is 0 Å². The molecule has 1 fully saturated rings. The van der Waals surface area contributed by atoms with Crippen LogP contribution in [0.15, 0.2) is 36.5 Å². The maximum absolute atomic E-state index is 2.45. The minimum absolute atomic E-state index is 0.199. The summed E-state index contributed by atoms with van der Waals surface area (Å²) in [6, 6.07) is 11.6. The molecular weight excluding hydrogens is 302 g/mol. The van der Waals surface area contributed by atoms with Crippen molar-refractivity contribution in [2.24, 2.45) is 7.05 Å². The molecule has 0 bridgehead atoms. The molecule has 0 spiro atoms. The first-order valence-electron chi connectivity index (χ1n) is 9.82. The Labute approximate surface area is 154 Å². The second kappa shape index (κ2) is 6.59. The summed E-state index contributed by atoms with van der Waals surface area (Å²) in [6.07, 6.45) is 9.17. The molecule has 0 aliphatic heterocycles. The number of aryl methyl sites for hydroxylation is 2. The van der Waals surface area contributed by atoms with Crippen LogP contribution < -0.4 is 4.57 Å². The van der Waals surface area contributed by atoms with Crippen LogP contribution >= 0.6 is 0 Å². The molecule has 0 unspecified atom stereocenters. The summed E-state index contributed by atoms with van der Waals surface area (Å²) in [5.74, 6) is 0. The van der Waals surface area contributed by atoms with Gasteiger partial charge >= 0.3 is 0 Å². The molecule has 1 aliphatic carbocycles. The van der Waals surface area contributed by atoms with Crippen molar-refractivity contribution in [3.8, 4) is 11.3 Å². The SMILES string of the molecule is Cc1cc(C(C)(C)C)ccc1-c1ccc(C2(C)CCCCC2)c[n+]1C. The summed E-state index contributed by atoms with van der Waals surface area (Å²) in [5, 5.41) is 0. The van der Waals surface area contributed by atoms with E-state index in [0.717, 1.165) is 0 Å². The topological polar surface area (TPSA) is 3.88 Å². The quantitative estimate of drug-likeness (QED) is 0.592. The Bertz CT molecular complexity index is 758. The molecule has 0 saturated heterocycles. The number of benzene rings is 1. The van der Waals surface area contributed by atoms with Crippen molar-refractivity contribution in [3.63, 3.8) is 0 Å². The van der Waals surface area contributed by atoms with Crippen molar-refractivity contribution in [3.05, 3.63) is 53.2 Å². The summed E-state index contributed by atoms with van der Waals surface area (Å²) < 4.78 is 2.33. The van der Waals surface area contributed by atoms with Crippen molar-refractivity contribution in [1.82, 2.24) is 0 Å². The Balaban J connectivity index is 1.96. The van der Waals surface area contributed by atoms with Gasteiger partial charge in [-0.3, -0.25) is 0 Å². The third kappa shape index (κ3) is 3.66. The third-order valence-corrected chi connectivity index (χ3v) is 6.16. The standard InChI is InChI=1S/C24H34N/c1-18-16-19(23(2,3)4)10-12-21(18)22-13-11-20(17-25(22)6)24(5)14-8-7-9-15-24/h10-13,16-17H,7-9,14-15H2,1-6H3/q+1. The summed E-state index contributed by atoms with van der Waals surface area (Å²) in [5.41, 5.74) is 7.48. The summed E-state index contributed by atoms with van der Waals surface area (Å²) in [6.45, 7) is 11.5. The van der Waals surface area contributed by atoms with E-state index in [1.165, 1.54) is 60.1 Å². The van der Waals surface area contributed by atoms with Gasteiger partial charge in [-0.1, -0.05) is 59.1 Å². The van der Waals surface area contributed by atoms with Crippen LogP contribution in [0.1, 0.15) is 76.5 Å². The number of nitrogens with zero attached hydrogens (tertiary/aromatic N) is 1. The smallest absolute Gasteiger partial charge is 0.201 e. The fraction of sp³-hybridized carbons (Fsp3) is 0.542. The molecule has 1 nitrogen and oxygen atoms in total. The van der Waals surface area contributed by atoms with Crippen molar-refractivity contribution in [2.75, 3.05) is 0 Å². The van der Waals surface area contributed by atoms with Crippen LogP contribution in [0.2, 0.25) is 0 Å². The Morgan fingerprint density at radius 3 is 2.20 bits per heavy atom. The van der Waals surface area contributed by atoms with Crippen molar-refractivity contribution >= 4 is 0 Å². The maximum Gasteiger partial charge on any atom is 0.212 e. The fourth-order valence-corrected chi connectivity index (χ4v) is 4.28. The van der Waals surface area contributed by atoms with Gasteiger partial charge < -0.3 is 0 Å².